The Balaban J connectivity index is 0.000000292. The van der Waals surface area contributed by atoms with Gasteiger partial charge in [-0.3, -0.25) is 14.1 Å². The summed E-state index contributed by atoms with van der Waals surface area (Å²) in [5.74, 6) is -1.78. The van der Waals surface area contributed by atoms with Crippen molar-refractivity contribution < 1.29 is 19.8 Å². The topological polar surface area (TPSA) is 136 Å². The highest BCUT2D eigenvalue weighted by atomic mass is 16.4. The van der Waals surface area contributed by atoms with Crippen molar-refractivity contribution in [2.24, 2.45) is 7.05 Å². The van der Waals surface area contributed by atoms with Crippen molar-refractivity contribution >= 4 is 28.6 Å². The van der Waals surface area contributed by atoms with E-state index >= 15 is 0 Å². The van der Waals surface area contributed by atoms with E-state index in [1.807, 2.05) is 44.1 Å². The summed E-state index contributed by atoms with van der Waals surface area (Å²) in [5.41, 5.74) is 5.64. The molecule has 0 saturated heterocycles. The zero-order valence-corrected chi connectivity index (χ0v) is 19.3. The van der Waals surface area contributed by atoms with Crippen LogP contribution in [0.2, 0.25) is 0 Å². The molecule has 2 N–H and O–H groups in total. The summed E-state index contributed by atoms with van der Waals surface area (Å²) >= 11 is 0. The Morgan fingerprint density at radius 3 is 2.33 bits per heavy atom. The van der Waals surface area contributed by atoms with E-state index in [9.17, 15) is 9.59 Å². The van der Waals surface area contributed by atoms with E-state index in [2.05, 4.69) is 54.9 Å². The fraction of sp³-hybridized carbons (Fsp3) is 0.154. The molecule has 10 heteroatoms. The standard InChI is InChI=1S/C22H18N6.C4H4O4/c1-27-13-17(11-26-27)16-10-24-21-25-12-20(28(21)14-16)22(6-7-22)18-4-5-19-15(9-18)3-2-8-23-19;5-3(6)1-2-4(7)8/h2-5,8-14H,6-7H2,1H3;1-2H,(H,5,6)(H,7,8)/b;2-1+. The van der Waals surface area contributed by atoms with Gasteiger partial charge >= 0.3 is 11.9 Å². The van der Waals surface area contributed by atoms with Crippen molar-refractivity contribution in [3.63, 3.8) is 0 Å². The number of pyridine rings is 1. The Morgan fingerprint density at radius 1 is 0.944 bits per heavy atom. The first-order chi connectivity index (χ1) is 17.4. The minimum atomic E-state index is -1.26. The largest absolute Gasteiger partial charge is 0.478 e. The van der Waals surface area contributed by atoms with Crippen LogP contribution in [-0.4, -0.2) is 51.3 Å². The van der Waals surface area contributed by atoms with Gasteiger partial charge in [0.15, 0.2) is 0 Å². The van der Waals surface area contributed by atoms with Gasteiger partial charge in [-0.25, -0.2) is 19.6 Å². The second kappa shape index (κ2) is 9.06. The Hall–Kier alpha value is -4.86. The van der Waals surface area contributed by atoms with Crippen molar-refractivity contribution in [2.75, 3.05) is 0 Å². The van der Waals surface area contributed by atoms with Crippen LogP contribution in [-0.2, 0) is 22.1 Å². The summed E-state index contributed by atoms with van der Waals surface area (Å²) in [6, 6.07) is 10.7. The molecule has 0 amide bonds. The molecule has 0 aliphatic heterocycles. The minimum Gasteiger partial charge on any atom is -0.478 e. The van der Waals surface area contributed by atoms with E-state index < -0.39 is 11.9 Å². The van der Waals surface area contributed by atoms with Crippen LogP contribution in [0.5, 0.6) is 0 Å². The molecule has 1 fully saturated rings. The molecule has 0 radical (unpaired) electrons. The van der Waals surface area contributed by atoms with Crippen LogP contribution < -0.4 is 0 Å². The quantitative estimate of drug-likeness (QED) is 0.364. The van der Waals surface area contributed by atoms with Crippen molar-refractivity contribution in [3.8, 4) is 11.1 Å². The molecule has 0 spiro atoms. The van der Waals surface area contributed by atoms with E-state index in [-0.39, 0.29) is 5.41 Å². The third kappa shape index (κ3) is 4.43. The van der Waals surface area contributed by atoms with Gasteiger partial charge in [0.05, 0.1) is 23.6 Å². The molecule has 4 heterocycles. The molecular weight excluding hydrogens is 460 g/mol. The number of aliphatic carboxylic acids is 2. The summed E-state index contributed by atoms with van der Waals surface area (Å²) in [4.78, 5) is 32.7. The number of hydrogen-bond donors (Lipinski definition) is 2. The summed E-state index contributed by atoms with van der Waals surface area (Å²) in [6.07, 6.45) is 15.0. The van der Waals surface area contributed by atoms with Crippen molar-refractivity contribution in [2.45, 2.75) is 18.3 Å². The first-order valence-electron chi connectivity index (χ1n) is 11.2. The molecule has 0 bridgehead atoms. The normalized spacial score (nSPS) is 14.0. The molecule has 5 aromatic rings. The Kier molecular flexibility index (Phi) is 5.77. The Labute approximate surface area is 205 Å². The maximum absolute atomic E-state index is 9.55. The van der Waals surface area contributed by atoms with Crippen LogP contribution in [0, 0.1) is 0 Å². The molecule has 1 aliphatic carbocycles. The Morgan fingerprint density at radius 2 is 1.67 bits per heavy atom. The number of carboxylic acids is 2. The van der Waals surface area contributed by atoms with Gasteiger partial charge in [0.1, 0.15) is 0 Å². The average Bonchev–Trinajstić information content (AvgIpc) is 3.37. The van der Waals surface area contributed by atoms with Crippen molar-refractivity contribution in [1.29, 1.82) is 0 Å². The molecule has 1 saturated carbocycles. The SMILES string of the molecule is Cn1cc(-c2cnc3ncc(C4(c5ccc6ncccc6c5)CC4)n3c2)cn1.O=C(O)/C=C/C(=O)O. The van der Waals surface area contributed by atoms with Gasteiger partial charge in [0.2, 0.25) is 5.78 Å². The second-order valence-corrected chi connectivity index (χ2v) is 8.56. The molecule has 4 aromatic heterocycles. The first-order valence-corrected chi connectivity index (χ1v) is 11.2. The summed E-state index contributed by atoms with van der Waals surface area (Å²) in [6.45, 7) is 0. The zero-order chi connectivity index (χ0) is 25.3. The highest BCUT2D eigenvalue weighted by molar-refractivity contribution is 5.89. The fourth-order valence-electron chi connectivity index (χ4n) is 4.28. The van der Waals surface area contributed by atoms with Crippen LogP contribution in [0.25, 0.3) is 27.8 Å². The predicted molar refractivity (Wildman–Crippen MR) is 131 cm³/mol. The third-order valence-corrected chi connectivity index (χ3v) is 6.17. The smallest absolute Gasteiger partial charge is 0.328 e. The number of hydrogen-bond acceptors (Lipinski definition) is 6. The summed E-state index contributed by atoms with van der Waals surface area (Å²) in [5, 5.41) is 21.1. The third-order valence-electron chi connectivity index (χ3n) is 6.17. The number of aryl methyl sites for hydroxylation is 1. The number of imidazole rings is 1. The lowest BCUT2D eigenvalue weighted by atomic mass is 9.91. The van der Waals surface area contributed by atoms with Gasteiger partial charge in [-0.1, -0.05) is 12.1 Å². The summed E-state index contributed by atoms with van der Waals surface area (Å²) < 4.78 is 3.95. The molecule has 1 aliphatic rings. The van der Waals surface area contributed by atoms with Crippen LogP contribution in [0.4, 0.5) is 0 Å². The number of carboxylic acid groups (broad SMARTS) is 2. The zero-order valence-electron chi connectivity index (χ0n) is 19.3. The average molecular weight is 483 g/mol. The number of carbonyl (C=O) groups is 2. The lowest BCUT2D eigenvalue weighted by Gasteiger charge is -2.16. The van der Waals surface area contributed by atoms with Gasteiger partial charge in [0.25, 0.3) is 0 Å². The molecule has 0 atom stereocenters. The number of rotatable bonds is 5. The maximum Gasteiger partial charge on any atom is 0.328 e. The van der Waals surface area contributed by atoms with E-state index in [1.54, 1.807) is 4.68 Å². The van der Waals surface area contributed by atoms with Gasteiger partial charge in [-0.05, 0) is 36.6 Å². The van der Waals surface area contributed by atoms with Crippen molar-refractivity contribution in [1.82, 2.24) is 29.1 Å². The molecule has 6 rings (SSSR count). The van der Waals surface area contributed by atoms with Crippen LogP contribution in [0.15, 0.2) is 79.7 Å². The number of fused-ring (bicyclic) bond motifs is 2. The Bertz CT molecular complexity index is 1610. The highest BCUT2D eigenvalue weighted by Crippen LogP contribution is 2.53. The minimum absolute atomic E-state index is 0.00130. The highest BCUT2D eigenvalue weighted by Gasteiger charge is 2.48. The molecule has 0 unspecified atom stereocenters. The maximum atomic E-state index is 9.55. The van der Waals surface area contributed by atoms with Gasteiger partial charge < -0.3 is 10.2 Å². The molecular formula is C26H22N6O4. The number of benzene rings is 1. The van der Waals surface area contributed by atoms with Crippen LogP contribution >= 0.6 is 0 Å². The van der Waals surface area contributed by atoms with Gasteiger partial charge in [-0.2, -0.15) is 5.10 Å². The van der Waals surface area contributed by atoms with Crippen LogP contribution in [0.1, 0.15) is 24.1 Å². The monoisotopic (exact) mass is 482 g/mol. The van der Waals surface area contributed by atoms with E-state index in [1.165, 1.54) is 16.6 Å². The van der Waals surface area contributed by atoms with E-state index in [4.69, 9.17) is 10.2 Å². The van der Waals surface area contributed by atoms with Gasteiger partial charge in [-0.15, -0.1) is 0 Å². The second-order valence-electron chi connectivity index (χ2n) is 8.56. The van der Waals surface area contributed by atoms with Crippen molar-refractivity contribution in [3.05, 3.63) is 90.9 Å². The summed E-state index contributed by atoms with van der Waals surface area (Å²) in [7, 11) is 1.92. The van der Waals surface area contributed by atoms with E-state index in [0.717, 1.165) is 35.3 Å². The molecule has 180 valence electrons. The van der Waals surface area contributed by atoms with Gasteiger partial charge in [0, 0.05) is 65.9 Å². The lowest BCUT2D eigenvalue weighted by Crippen LogP contribution is -2.12. The predicted octanol–water partition coefficient (Wildman–Crippen LogP) is 3.47. The molecule has 36 heavy (non-hydrogen) atoms. The number of nitrogens with zero attached hydrogens (tertiary/aromatic N) is 6. The number of aromatic nitrogens is 6. The molecule has 10 nitrogen and oxygen atoms in total. The molecule has 1 aromatic carbocycles. The van der Waals surface area contributed by atoms with E-state index in [0.29, 0.717) is 12.2 Å². The first kappa shape index (κ1) is 22.9. The lowest BCUT2D eigenvalue weighted by molar-refractivity contribution is -0.134. The fourth-order valence-corrected chi connectivity index (χ4v) is 4.28. The van der Waals surface area contributed by atoms with Crippen LogP contribution in [0.3, 0.4) is 0 Å².